The molecule has 0 aliphatic rings. The highest BCUT2D eigenvalue weighted by atomic mass is 35.5. The molecule has 5 heteroatoms. The van der Waals surface area contributed by atoms with Crippen LogP contribution in [0.15, 0.2) is 18.2 Å². The molecule has 0 saturated heterocycles. The molecule has 0 aliphatic heterocycles. The number of methoxy groups -OCH3 is 1. The topological polar surface area (TPSA) is 26.3 Å². The number of ether oxygens (including phenoxy) is 1. The van der Waals surface area contributed by atoms with Crippen molar-refractivity contribution in [2.24, 2.45) is 0 Å². The van der Waals surface area contributed by atoms with E-state index in [9.17, 15) is 13.6 Å². The monoisotopic (exact) mass is 248 g/mol. The van der Waals surface area contributed by atoms with Crippen molar-refractivity contribution in [3.05, 3.63) is 29.3 Å². The molecule has 0 aromatic heterocycles. The third-order valence-corrected chi connectivity index (χ3v) is 2.31. The number of hydrogen-bond acceptors (Lipinski definition) is 2. The van der Waals surface area contributed by atoms with E-state index in [1.807, 2.05) is 0 Å². The Kier molecular flexibility index (Phi) is 3.86. The third-order valence-electron chi connectivity index (χ3n) is 2.10. The maximum absolute atomic E-state index is 12.5. The first-order valence-corrected chi connectivity index (χ1v) is 4.96. The number of aryl methyl sites for hydroxylation is 1. The summed E-state index contributed by atoms with van der Waals surface area (Å²) in [4.78, 5) is 11.1. The van der Waals surface area contributed by atoms with Crippen LogP contribution in [0, 0.1) is 6.92 Å². The van der Waals surface area contributed by atoms with Gasteiger partial charge in [0, 0.05) is 12.0 Å². The number of rotatable bonds is 4. The molecule has 16 heavy (non-hydrogen) atoms. The van der Waals surface area contributed by atoms with Gasteiger partial charge in [0.05, 0.1) is 7.11 Å². The standard InChI is InChI=1S/C11H11ClF2O2/c1-7-3-4-9(16-2)8(5-7)6-10(15)11(12,13)14/h3-5H,6H2,1-2H3. The molecule has 0 fully saturated rings. The van der Waals surface area contributed by atoms with Crippen molar-refractivity contribution in [2.45, 2.75) is 18.7 Å². The van der Waals surface area contributed by atoms with Gasteiger partial charge in [0.15, 0.2) is 0 Å². The second-order valence-corrected chi connectivity index (χ2v) is 3.89. The summed E-state index contributed by atoms with van der Waals surface area (Å²) in [6.07, 6.45) is -0.443. The Bertz CT molecular complexity index is 399. The van der Waals surface area contributed by atoms with Gasteiger partial charge < -0.3 is 4.74 Å². The van der Waals surface area contributed by atoms with E-state index in [4.69, 9.17) is 4.74 Å². The molecule has 88 valence electrons. The number of halogens is 3. The van der Waals surface area contributed by atoms with Crippen molar-refractivity contribution in [3.63, 3.8) is 0 Å². The van der Waals surface area contributed by atoms with Gasteiger partial charge in [-0.05, 0) is 24.6 Å². The van der Waals surface area contributed by atoms with E-state index in [2.05, 4.69) is 11.6 Å². The molecule has 0 saturated carbocycles. The van der Waals surface area contributed by atoms with Crippen LogP contribution < -0.4 is 4.74 Å². The first kappa shape index (κ1) is 12.9. The van der Waals surface area contributed by atoms with Gasteiger partial charge >= 0.3 is 5.38 Å². The summed E-state index contributed by atoms with van der Waals surface area (Å²) in [5.41, 5.74) is 1.27. The van der Waals surface area contributed by atoms with Gasteiger partial charge in [0.2, 0.25) is 5.78 Å². The number of hydrogen-bond donors (Lipinski definition) is 0. The van der Waals surface area contributed by atoms with E-state index in [0.717, 1.165) is 5.56 Å². The van der Waals surface area contributed by atoms with Gasteiger partial charge in [0.25, 0.3) is 0 Å². The Morgan fingerprint density at radius 1 is 1.50 bits per heavy atom. The molecule has 1 aromatic rings. The van der Waals surface area contributed by atoms with Crippen molar-refractivity contribution in [3.8, 4) is 5.75 Å². The van der Waals surface area contributed by atoms with Crippen LogP contribution in [0.1, 0.15) is 11.1 Å². The van der Waals surface area contributed by atoms with Crippen LogP contribution in [0.2, 0.25) is 0 Å². The summed E-state index contributed by atoms with van der Waals surface area (Å²) < 4.78 is 30.0. The maximum Gasteiger partial charge on any atom is 0.380 e. The molecule has 0 amide bonds. The Hall–Kier alpha value is -1.16. The average molecular weight is 249 g/mol. The molecule has 0 unspecified atom stereocenters. The van der Waals surface area contributed by atoms with Crippen LogP contribution in [0.4, 0.5) is 8.78 Å². The normalized spacial score (nSPS) is 11.3. The first-order valence-electron chi connectivity index (χ1n) is 4.58. The number of carbonyl (C=O) groups excluding carboxylic acids is 1. The number of carbonyl (C=O) groups is 1. The summed E-state index contributed by atoms with van der Waals surface area (Å²) in [7, 11) is 1.41. The summed E-state index contributed by atoms with van der Waals surface area (Å²) >= 11 is 4.65. The smallest absolute Gasteiger partial charge is 0.380 e. The van der Waals surface area contributed by atoms with Crippen LogP contribution in [-0.2, 0) is 11.2 Å². The maximum atomic E-state index is 12.5. The molecule has 0 N–H and O–H groups in total. The molecule has 1 rings (SSSR count). The largest absolute Gasteiger partial charge is 0.496 e. The van der Waals surface area contributed by atoms with Gasteiger partial charge in [0.1, 0.15) is 5.75 Å². The van der Waals surface area contributed by atoms with Gasteiger partial charge in [-0.1, -0.05) is 17.7 Å². The molecule has 0 aliphatic carbocycles. The molecule has 1 aromatic carbocycles. The second kappa shape index (κ2) is 4.78. The zero-order chi connectivity index (χ0) is 12.3. The summed E-state index contributed by atoms with van der Waals surface area (Å²) in [5.74, 6) is -0.932. The van der Waals surface area contributed by atoms with Gasteiger partial charge in [-0.25, -0.2) is 0 Å². The van der Waals surface area contributed by atoms with Crippen molar-refractivity contribution in [1.29, 1.82) is 0 Å². The minimum absolute atomic E-state index is 0.403. The highest BCUT2D eigenvalue weighted by Crippen LogP contribution is 2.26. The molecule has 0 heterocycles. The second-order valence-electron chi connectivity index (χ2n) is 3.41. The lowest BCUT2D eigenvalue weighted by Crippen LogP contribution is -2.23. The van der Waals surface area contributed by atoms with Crippen molar-refractivity contribution in [1.82, 2.24) is 0 Å². The fourth-order valence-corrected chi connectivity index (χ4v) is 1.39. The summed E-state index contributed by atoms with van der Waals surface area (Å²) in [5, 5.41) is -3.82. The zero-order valence-corrected chi connectivity index (χ0v) is 9.65. The zero-order valence-electron chi connectivity index (χ0n) is 8.89. The van der Waals surface area contributed by atoms with E-state index in [1.54, 1.807) is 25.1 Å². The van der Waals surface area contributed by atoms with Gasteiger partial charge in [-0.15, -0.1) is 0 Å². The lowest BCUT2D eigenvalue weighted by atomic mass is 10.1. The van der Waals surface area contributed by atoms with Crippen LogP contribution in [-0.4, -0.2) is 18.3 Å². The van der Waals surface area contributed by atoms with Crippen LogP contribution in [0.3, 0.4) is 0 Å². The van der Waals surface area contributed by atoms with E-state index in [-0.39, 0.29) is 0 Å². The lowest BCUT2D eigenvalue weighted by molar-refractivity contribution is -0.132. The highest BCUT2D eigenvalue weighted by molar-refractivity contribution is 6.32. The minimum Gasteiger partial charge on any atom is -0.496 e. The molecule has 0 spiro atoms. The Morgan fingerprint density at radius 2 is 2.12 bits per heavy atom. The quantitative estimate of drug-likeness (QED) is 0.766. The van der Waals surface area contributed by atoms with Gasteiger partial charge in [-0.2, -0.15) is 8.78 Å². The highest BCUT2D eigenvalue weighted by Gasteiger charge is 2.35. The molecule has 0 radical (unpaired) electrons. The number of alkyl halides is 3. The number of Topliss-reactive ketones (excluding diaryl/α,β-unsaturated/α-hetero) is 1. The number of ketones is 1. The van der Waals surface area contributed by atoms with E-state index in [1.165, 1.54) is 7.11 Å². The summed E-state index contributed by atoms with van der Waals surface area (Å²) in [6, 6.07) is 5.02. The van der Waals surface area contributed by atoms with Crippen LogP contribution in [0.25, 0.3) is 0 Å². The van der Waals surface area contributed by atoms with Crippen molar-refractivity contribution in [2.75, 3.05) is 7.11 Å². The molecular weight excluding hydrogens is 238 g/mol. The predicted molar refractivity (Wildman–Crippen MR) is 57.2 cm³/mol. The van der Waals surface area contributed by atoms with Crippen LogP contribution >= 0.6 is 11.6 Å². The SMILES string of the molecule is COc1ccc(C)cc1CC(=O)C(F)(F)Cl. The van der Waals surface area contributed by atoms with E-state index < -0.39 is 17.6 Å². The average Bonchev–Trinajstić information content (AvgIpc) is 2.16. The lowest BCUT2D eigenvalue weighted by Gasteiger charge is -2.10. The molecular formula is C11H11ClF2O2. The molecule has 0 atom stereocenters. The van der Waals surface area contributed by atoms with E-state index >= 15 is 0 Å². The Morgan fingerprint density at radius 3 is 2.62 bits per heavy atom. The minimum atomic E-state index is -3.82. The van der Waals surface area contributed by atoms with Crippen molar-refractivity contribution >= 4 is 17.4 Å². The predicted octanol–water partition coefficient (Wildman–Crippen LogP) is 2.95. The van der Waals surface area contributed by atoms with Crippen LogP contribution in [0.5, 0.6) is 5.75 Å². The molecule has 2 nitrogen and oxygen atoms in total. The molecule has 0 bridgehead atoms. The third kappa shape index (κ3) is 3.17. The Labute approximate surface area is 97.2 Å². The first-order chi connectivity index (χ1) is 7.34. The van der Waals surface area contributed by atoms with E-state index in [0.29, 0.717) is 11.3 Å². The summed E-state index contributed by atoms with van der Waals surface area (Å²) in [6.45, 7) is 1.80. The Balaban J connectivity index is 2.96. The van der Waals surface area contributed by atoms with Crippen molar-refractivity contribution < 1.29 is 18.3 Å². The fraction of sp³-hybridized carbons (Fsp3) is 0.364. The number of benzene rings is 1. The fourth-order valence-electron chi connectivity index (χ4n) is 1.32. The van der Waals surface area contributed by atoms with Gasteiger partial charge in [-0.3, -0.25) is 4.79 Å².